The van der Waals surface area contributed by atoms with E-state index in [0.29, 0.717) is 0 Å². The van der Waals surface area contributed by atoms with Crippen molar-refractivity contribution in [3.8, 4) is 0 Å². The quantitative estimate of drug-likeness (QED) is 0.850. The highest BCUT2D eigenvalue weighted by atomic mass is 32.2. The molecule has 3 heteroatoms. The van der Waals surface area contributed by atoms with Gasteiger partial charge in [0.1, 0.15) is 0 Å². The lowest BCUT2D eigenvalue weighted by atomic mass is 10.2. The van der Waals surface area contributed by atoms with Crippen LogP contribution in [0.1, 0.15) is 24.1 Å². The molecular formula is C12H19NS2. The van der Waals surface area contributed by atoms with Crippen LogP contribution in [0.5, 0.6) is 0 Å². The maximum atomic E-state index is 3.68. The highest BCUT2D eigenvalue weighted by Crippen LogP contribution is 2.28. The van der Waals surface area contributed by atoms with Crippen molar-refractivity contribution in [2.75, 3.05) is 12.8 Å². The van der Waals surface area contributed by atoms with Crippen LogP contribution in [-0.2, 0) is 6.42 Å². The summed E-state index contributed by atoms with van der Waals surface area (Å²) in [7, 11) is 0. The minimum Gasteiger partial charge on any atom is -0.314 e. The van der Waals surface area contributed by atoms with E-state index in [2.05, 4.69) is 29.1 Å². The van der Waals surface area contributed by atoms with Gasteiger partial charge in [-0.15, -0.1) is 11.3 Å². The average molecular weight is 241 g/mol. The van der Waals surface area contributed by atoms with E-state index in [-0.39, 0.29) is 0 Å². The largest absolute Gasteiger partial charge is 0.314 e. The molecule has 15 heavy (non-hydrogen) atoms. The molecular weight excluding hydrogens is 222 g/mol. The van der Waals surface area contributed by atoms with Crippen LogP contribution in [0.3, 0.4) is 0 Å². The van der Waals surface area contributed by atoms with E-state index in [9.17, 15) is 0 Å². The highest BCUT2D eigenvalue weighted by molar-refractivity contribution is 7.99. The Bertz CT molecular complexity index is 271. The lowest BCUT2D eigenvalue weighted by Gasteiger charge is -2.11. The fourth-order valence-electron chi connectivity index (χ4n) is 2.19. The summed E-state index contributed by atoms with van der Waals surface area (Å²) in [6.07, 6.45) is 7.57. The van der Waals surface area contributed by atoms with Gasteiger partial charge in [0, 0.05) is 22.7 Å². The Labute approximate surface area is 101 Å². The van der Waals surface area contributed by atoms with Gasteiger partial charge >= 0.3 is 0 Å². The fourth-order valence-corrected chi connectivity index (χ4v) is 3.70. The van der Waals surface area contributed by atoms with Gasteiger partial charge in [-0.1, -0.05) is 6.07 Å². The summed E-state index contributed by atoms with van der Waals surface area (Å²) in [6.45, 7) is 1.15. The highest BCUT2D eigenvalue weighted by Gasteiger charge is 2.22. The Morgan fingerprint density at radius 3 is 3.13 bits per heavy atom. The molecule has 1 fully saturated rings. The predicted molar refractivity (Wildman–Crippen MR) is 71.0 cm³/mol. The van der Waals surface area contributed by atoms with Gasteiger partial charge in [-0.05, 0) is 43.4 Å². The second kappa shape index (κ2) is 5.92. The van der Waals surface area contributed by atoms with Crippen LogP contribution in [0, 0.1) is 0 Å². The van der Waals surface area contributed by atoms with E-state index in [4.69, 9.17) is 0 Å². The molecule has 0 aliphatic heterocycles. The van der Waals surface area contributed by atoms with Crippen LogP contribution < -0.4 is 5.32 Å². The Hall–Kier alpha value is 0.01000. The summed E-state index contributed by atoms with van der Waals surface area (Å²) in [4.78, 5) is 1.50. The standard InChI is InChI=1S/C12H19NS2/c1-14-12-5-4-10(9-12)13-7-6-11-3-2-8-15-11/h2-3,8,10,12-13H,4-7,9H2,1H3. The van der Waals surface area contributed by atoms with Gasteiger partial charge in [-0.25, -0.2) is 0 Å². The molecule has 1 aliphatic rings. The van der Waals surface area contributed by atoms with Gasteiger partial charge < -0.3 is 5.32 Å². The fraction of sp³-hybridized carbons (Fsp3) is 0.667. The van der Waals surface area contributed by atoms with E-state index in [1.165, 1.54) is 30.6 Å². The second-order valence-electron chi connectivity index (χ2n) is 4.15. The molecule has 2 unspecified atom stereocenters. The van der Waals surface area contributed by atoms with Gasteiger partial charge in [0.15, 0.2) is 0 Å². The summed E-state index contributed by atoms with van der Waals surface area (Å²) in [5.74, 6) is 0. The number of hydrogen-bond donors (Lipinski definition) is 1. The number of thioether (sulfide) groups is 1. The zero-order valence-electron chi connectivity index (χ0n) is 9.24. The van der Waals surface area contributed by atoms with Crippen LogP contribution in [0.25, 0.3) is 0 Å². The first-order chi connectivity index (χ1) is 7.38. The summed E-state index contributed by atoms with van der Waals surface area (Å²) in [5, 5.41) is 6.75. The smallest absolute Gasteiger partial charge is 0.00781 e. The van der Waals surface area contributed by atoms with Gasteiger partial charge in [0.25, 0.3) is 0 Å². The van der Waals surface area contributed by atoms with E-state index >= 15 is 0 Å². The number of nitrogens with one attached hydrogen (secondary N) is 1. The van der Waals surface area contributed by atoms with Gasteiger partial charge in [-0.3, -0.25) is 0 Å². The first-order valence-corrected chi connectivity index (χ1v) is 7.84. The van der Waals surface area contributed by atoms with Crippen LogP contribution in [-0.4, -0.2) is 24.1 Å². The molecule has 0 radical (unpaired) electrons. The normalized spacial score (nSPS) is 25.9. The molecule has 1 aromatic heterocycles. The van der Waals surface area contributed by atoms with Crippen molar-refractivity contribution in [1.29, 1.82) is 0 Å². The van der Waals surface area contributed by atoms with E-state index in [0.717, 1.165) is 17.8 Å². The third kappa shape index (κ3) is 3.51. The lowest BCUT2D eigenvalue weighted by molar-refractivity contribution is 0.530. The van der Waals surface area contributed by atoms with Crippen LogP contribution in [0.2, 0.25) is 0 Å². The van der Waals surface area contributed by atoms with Crippen molar-refractivity contribution in [3.05, 3.63) is 22.4 Å². The summed E-state index contributed by atoms with van der Waals surface area (Å²) < 4.78 is 0. The van der Waals surface area contributed by atoms with E-state index < -0.39 is 0 Å². The molecule has 0 spiro atoms. The topological polar surface area (TPSA) is 12.0 Å². The first kappa shape index (κ1) is 11.5. The Kier molecular flexibility index (Phi) is 4.54. The molecule has 0 bridgehead atoms. The van der Waals surface area contributed by atoms with Crippen LogP contribution in [0.15, 0.2) is 17.5 Å². The Balaban J connectivity index is 1.63. The predicted octanol–water partition coefficient (Wildman–Crippen LogP) is 3.16. The minimum atomic E-state index is 0.780. The van der Waals surface area contributed by atoms with Gasteiger partial charge in [0.2, 0.25) is 0 Å². The maximum Gasteiger partial charge on any atom is 0.00781 e. The molecule has 1 N–H and O–H groups in total. The van der Waals surface area contributed by atoms with Crippen molar-refractivity contribution >= 4 is 23.1 Å². The molecule has 0 saturated heterocycles. The first-order valence-electron chi connectivity index (χ1n) is 5.67. The third-order valence-electron chi connectivity index (χ3n) is 3.10. The molecule has 0 amide bonds. The van der Waals surface area contributed by atoms with Crippen molar-refractivity contribution in [2.24, 2.45) is 0 Å². The molecule has 2 rings (SSSR count). The Morgan fingerprint density at radius 2 is 2.47 bits per heavy atom. The molecule has 1 nitrogen and oxygen atoms in total. The zero-order valence-corrected chi connectivity index (χ0v) is 10.9. The minimum absolute atomic E-state index is 0.780. The van der Waals surface area contributed by atoms with Crippen molar-refractivity contribution in [1.82, 2.24) is 5.32 Å². The summed E-state index contributed by atoms with van der Waals surface area (Å²) in [5.41, 5.74) is 0. The number of rotatable bonds is 5. The maximum absolute atomic E-state index is 3.68. The second-order valence-corrected chi connectivity index (χ2v) is 6.32. The summed E-state index contributed by atoms with van der Waals surface area (Å²) >= 11 is 3.90. The van der Waals surface area contributed by atoms with Crippen LogP contribution in [0.4, 0.5) is 0 Å². The SMILES string of the molecule is CSC1CCC(NCCc2cccs2)C1. The molecule has 1 saturated carbocycles. The number of hydrogen-bond acceptors (Lipinski definition) is 3. The lowest BCUT2D eigenvalue weighted by Crippen LogP contribution is -2.28. The molecule has 1 aromatic rings. The van der Waals surface area contributed by atoms with Crippen LogP contribution >= 0.6 is 23.1 Å². The zero-order chi connectivity index (χ0) is 10.5. The monoisotopic (exact) mass is 241 g/mol. The molecule has 0 aromatic carbocycles. The number of thiophene rings is 1. The van der Waals surface area contributed by atoms with E-state index in [1.807, 2.05) is 23.1 Å². The Morgan fingerprint density at radius 1 is 1.53 bits per heavy atom. The van der Waals surface area contributed by atoms with E-state index in [1.54, 1.807) is 0 Å². The van der Waals surface area contributed by atoms with Crippen molar-refractivity contribution < 1.29 is 0 Å². The van der Waals surface area contributed by atoms with Crippen molar-refractivity contribution in [2.45, 2.75) is 37.0 Å². The van der Waals surface area contributed by atoms with Crippen molar-refractivity contribution in [3.63, 3.8) is 0 Å². The molecule has 1 aliphatic carbocycles. The average Bonchev–Trinajstić information content (AvgIpc) is 2.88. The molecule has 2 atom stereocenters. The summed E-state index contributed by atoms with van der Waals surface area (Å²) in [6, 6.07) is 5.15. The molecule has 1 heterocycles. The molecule has 84 valence electrons. The van der Waals surface area contributed by atoms with Gasteiger partial charge in [0.05, 0.1) is 0 Å². The third-order valence-corrected chi connectivity index (χ3v) is 5.13. The van der Waals surface area contributed by atoms with Gasteiger partial charge in [-0.2, -0.15) is 11.8 Å².